The average Bonchev–Trinajstić information content (AvgIpc) is 3.26. The van der Waals surface area contributed by atoms with Crippen molar-refractivity contribution in [3.63, 3.8) is 0 Å². The van der Waals surface area contributed by atoms with Crippen molar-refractivity contribution in [2.24, 2.45) is 0 Å². The lowest BCUT2D eigenvalue weighted by Gasteiger charge is -2.14. The smallest absolute Gasteiger partial charge is 0.293 e. The molecule has 1 aliphatic rings. The van der Waals surface area contributed by atoms with Crippen LogP contribution < -0.4 is 10.6 Å². The quantitative estimate of drug-likeness (QED) is 0.493. The third-order valence-corrected chi connectivity index (χ3v) is 4.33. The Hall–Kier alpha value is -2.74. The van der Waals surface area contributed by atoms with Gasteiger partial charge in [0.1, 0.15) is 5.76 Å². The molecule has 1 saturated carbocycles. The number of rotatable bonds is 4. The molecule has 1 heterocycles. The molecular weight excluding hydrogens is 342 g/mol. The molecule has 0 unspecified atom stereocenters. The predicted molar refractivity (Wildman–Crippen MR) is 96.3 cm³/mol. The highest BCUT2D eigenvalue weighted by Crippen LogP contribution is 2.30. The molecule has 3 rings (SSSR count). The highest BCUT2D eigenvalue weighted by atomic mass is 32.1. The number of furan rings is 1. The van der Waals surface area contributed by atoms with E-state index in [1.165, 1.54) is 18.2 Å². The molecule has 2 N–H and O–H groups in total. The van der Waals surface area contributed by atoms with Crippen LogP contribution >= 0.6 is 12.2 Å². The summed E-state index contributed by atoms with van der Waals surface area (Å²) in [5.41, 5.74) is 0.237. The summed E-state index contributed by atoms with van der Waals surface area (Å²) in [6.07, 6.45) is 4.40. The summed E-state index contributed by atoms with van der Waals surface area (Å²) in [6, 6.07) is 9.51. The molecular formula is C17H17N3O4S. The predicted octanol–water partition coefficient (Wildman–Crippen LogP) is 3.40. The topological polar surface area (TPSA) is 97.4 Å². The van der Waals surface area contributed by atoms with Crippen LogP contribution in [0.25, 0.3) is 11.3 Å². The molecule has 0 radical (unpaired) electrons. The maximum atomic E-state index is 12.2. The van der Waals surface area contributed by atoms with E-state index in [-0.39, 0.29) is 22.3 Å². The Bertz CT molecular complexity index is 812. The number of thiocarbonyl (C=S) groups is 1. The van der Waals surface area contributed by atoms with Crippen molar-refractivity contribution < 1.29 is 14.1 Å². The molecule has 1 aliphatic carbocycles. The summed E-state index contributed by atoms with van der Waals surface area (Å²) in [4.78, 5) is 22.8. The van der Waals surface area contributed by atoms with Crippen molar-refractivity contribution >= 4 is 28.9 Å². The number of hydrogen-bond acceptors (Lipinski definition) is 5. The van der Waals surface area contributed by atoms with Crippen LogP contribution in [0, 0.1) is 10.1 Å². The van der Waals surface area contributed by atoms with Gasteiger partial charge < -0.3 is 9.73 Å². The summed E-state index contributed by atoms with van der Waals surface area (Å²) in [6.45, 7) is 0. The van der Waals surface area contributed by atoms with Crippen molar-refractivity contribution in [2.75, 3.05) is 0 Å². The summed E-state index contributed by atoms with van der Waals surface area (Å²) < 4.78 is 5.49. The van der Waals surface area contributed by atoms with Gasteiger partial charge in [0.25, 0.3) is 11.6 Å². The van der Waals surface area contributed by atoms with Gasteiger partial charge in [-0.05, 0) is 43.3 Å². The first-order valence-corrected chi connectivity index (χ1v) is 8.41. The fraction of sp³-hybridized carbons (Fsp3) is 0.294. The van der Waals surface area contributed by atoms with Crippen LogP contribution in [0.1, 0.15) is 36.2 Å². The minimum Gasteiger partial charge on any atom is -0.451 e. The lowest BCUT2D eigenvalue weighted by atomic mass is 10.1. The molecule has 0 spiro atoms. The van der Waals surface area contributed by atoms with E-state index in [2.05, 4.69) is 10.6 Å². The third kappa shape index (κ3) is 4.03. The van der Waals surface area contributed by atoms with Crippen LogP contribution in [0.4, 0.5) is 5.69 Å². The number of para-hydroxylation sites is 1. The van der Waals surface area contributed by atoms with E-state index in [0.29, 0.717) is 11.6 Å². The first-order valence-electron chi connectivity index (χ1n) is 8.00. The van der Waals surface area contributed by atoms with Crippen LogP contribution in [0.3, 0.4) is 0 Å². The lowest BCUT2D eigenvalue weighted by molar-refractivity contribution is -0.384. The van der Waals surface area contributed by atoms with Crippen LogP contribution in [0.2, 0.25) is 0 Å². The van der Waals surface area contributed by atoms with Gasteiger partial charge in [-0.15, -0.1) is 0 Å². The maximum Gasteiger partial charge on any atom is 0.293 e. The van der Waals surface area contributed by atoms with Crippen molar-refractivity contribution in [1.82, 2.24) is 10.6 Å². The Balaban J connectivity index is 1.69. The van der Waals surface area contributed by atoms with E-state index >= 15 is 0 Å². The molecule has 0 saturated heterocycles. The molecule has 8 heteroatoms. The van der Waals surface area contributed by atoms with Crippen molar-refractivity contribution in [2.45, 2.75) is 31.7 Å². The normalized spacial score (nSPS) is 14.2. The van der Waals surface area contributed by atoms with Gasteiger partial charge in [0, 0.05) is 12.1 Å². The Labute approximate surface area is 149 Å². The summed E-state index contributed by atoms with van der Waals surface area (Å²) in [5.74, 6) is -0.184. The Morgan fingerprint density at radius 3 is 2.64 bits per heavy atom. The van der Waals surface area contributed by atoms with E-state index in [9.17, 15) is 14.9 Å². The zero-order valence-electron chi connectivity index (χ0n) is 13.4. The Morgan fingerprint density at radius 2 is 1.92 bits per heavy atom. The van der Waals surface area contributed by atoms with Gasteiger partial charge in [-0.2, -0.15) is 0 Å². The van der Waals surface area contributed by atoms with Gasteiger partial charge in [-0.3, -0.25) is 20.2 Å². The van der Waals surface area contributed by atoms with Gasteiger partial charge in [-0.25, -0.2) is 0 Å². The number of benzene rings is 1. The van der Waals surface area contributed by atoms with Crippen LogP contribution in [-0.2, 0) is 0 Å². The molecule has 1 aromatic carbocycles. The van der Waals surface area contributed by atoms with Gasteiger partial charge in [0.05, 0.1) is 10.5 Å². The number of amides is 1. The molecule has 7 nitrogen and oxygen atoms in total. The van der Waals surface area contributed by atoms with Crippen LogP contribution in [0.15, 0.2) is 40.8 Å². The first-order chi connectivity index (χ1) is 12.0. The second-order valence-corrected chi connectivity index (χ2v) is 6.26. The minimum absolute atomic E-state index is 0.0451. The molecule has 25 heavy (non-hydrogen) atoms. The summed E-state index contributed by atoms with van der Waals surface area (Å²) in [5, 5.41) is 17.1. The maximum absolute atomic E-state index is 12.2. The summed E-state index contributed by atoms with van der Waals surface area (Å²) >= 11 is 5.15. The minimum atomic E-state index is -0.488. The molecule has 130 valence electrons. The van der Waals surface area contributed by atoms with E-state index in [4.69, 9.17) is 16.6 Å². The Kier molecular flexibility index (Phi) is 5.08. The van der Waals surface area contributed by atoms with Crippen molar-refractivity contribution in [3.05, 3.63) is 52.3 Å². The molecule has 0 aliphatic heterocycles. The zero-order valence-corrected chi connectivity index (χ0v) is 14.2. The fourth-order valence-corrected chi connectivity index (χ4v) is 3.16. The zero-order chi connectivity index (χ0) is 17.8. The third-order valence-electron chi connectivity index (χ3n) is 4.11. The molecule has 1 fully saturated rings. The number of nitro benzene ring substituents is 1. The van der Waals surface area contributed by atoms with Gasteiger partial charge in [-0.1, -0.05) is 25.0 Å². The van der Waals surface area contributed by atoms with Crippen LogP contribution in [-0.4, -0.2) is 22.0 Å². The molecule has 0 atom stereocenters. The van der Waals surface area contributed by atoms with Crippen molar-refractivity contribution in [1.29, 1.82) is 0 Å². The van der Waals surface area contributed by atoms with Gasteiger partial charge in [0.15, 0.2) is 10.9 Å². The number of nitrogens with one attached hydrogen (secondary N) is 2. The van der Waals surface area contributed by atoms with Gasteiger partial charge >= 0.3 is 0 Å². The number of carbonyl (C=O) groups is 1. The number of nitrogens with zero attached hydrogens (tertiary/aromatic N) is 1. The largest absolute Gasteiger partial charge is 0.451 e. The van der Waals surface area contributed by atoms with Crippen LogP contribution in [0.5, 0.6) is 0 Å². The molecule has 2 aromatic rings. The Morgan fingerprint density at radius 1 is 1.20 bits per heavy atom. The standard InChI is InChI=1S/C17H17N3O4S/c21-16(19-17(25)18-11-5-1-2-6-11)15-10-9-14(24-15)12-7-3-4-8-13(12)20(22)23/h3-4,7-11H,1-2,5-6H2,(H2,18,19,21,25). The SMILES string of the molecule is O=C(NC(=S)NC1CCCC1)c1ccc(-c2ccccc2[N+](=O)[O-])o1. The monoisotopic (exact) mass is 359 g/mol. The summed E-state index contributed by atoms with van der Waals surface area (Å²) in [7, 11) is 0. The number of hydrogen-bond donors (Lipinski definition) is 2. The lowest BCUT2D eigenvalue weighted by Crippen LogP contribution is -2.43. The van der Waals surface area contributed by atoms with E-state index in [1.807, 2.05) is 0 Å². The highest BCUT2D eigenvalue weighted by molar-refractivity contribution is 7.80. The number of carbonyl (C=O) groups excluding carboxylic acids is 1. The van der Waals surface area contributed by atoms with E-state index < -0.39 is 10.8 Å². The average molecular weight is 359 g/mol. The molecule has 1 amide bonds. The van der Waals surface area contributed by atoms with E-state index in [1.54, 1.807) is 18.2 Å². The highest BCUT2D eigenvalue weighted by Gasteiger charge is 2.21. The van der Waals surface area contributed by atoms with Gasteiger partial charge in [0.2, 0.25) is 0 Å². The fourth-order valence-electron chi connectivity index (χ4n) is 2.90. The number of nitro groups is 1. The molecule has 0 bridgehead atoms. The first kappa shape index (κ1) is 17.1. The van der Waals surface area contributed by atoms with Crippen molar-refractivity contribution in [3.8, 4) is 11.3 Å². The molecule has 1 aromatic heterocycles. The second-order valence-electron chi connectivity index (χ2n) is 5.85. The van der Waals surface area contributed by atoms with E-state index in [0.717, 1.165) is 25.7 Å². The second kappa shape index (κ2) is 7.43.